The third-order valence-corrected chi connectivity index (χ3v) is 5.48. The van der Waals surface area contributed by atoms with Crippen LogP contribution in [0.1, 0.15) is 24.9 Å². The largest absolute Gasteiger partial charge is 0.496 e. The molecule has 0 fully saturated rings. The molecule has 8 heteroatoms. The summed E-state index contributed by atoms with van der Waals surface area (Å²) >= 11 is 5.75. The maximum atomic E-state index is 12.1. The van der Waals surface area contributed by atoms with Crippen molar-refractivity contribution in [3.05, 3.63) is 59.1 Å². The fourth-order valence-electron chi connectivity index (χ4n) is 2.41. The molecular formula is C18H21ClN2O4S. The summed E-state index contributed by atoms with van der Waals surface area (Å²) in [6.45, 7) is 1.84. The minimum atomic E-state index is -3.67. The van der Waals surface area contributed by atoms with Crippen molar-refractivity contribution in [3.8, 4) is 5.75 Å². The maximum absolute atomic E-state index is 12.1. The molecule has 0 aliphatic carbocycles. The van der Waals surface area contributed by atoms with E-state index in [9.17, 15) is 13.2 Å². The van der Waals surface area contributed by atoms with Crippen LogP contribution in [0.15, 0.2) is 53.4 Å². The van der Waals surface area contributed by atoms with Crippen LogP contribution in [0.25, 0.3) is 0 Å². The minimum absolute atomic E-state index is 0.00453. The Morgan fingerprint density at radius 2 is 1.81 bits per heavy atom. The van der Waals surface area contributed by atoms with Gasteiger partial charge in [0.15, 0.2) is 0 Å². The van der Waals surface area contributed by atoms with Crippen molar-refractivity contribution in [1.29, 1.82) is 0 Å². The van der Waals surface area contributed by atoms with Gasteiger partial charge in [-0.25, -0.2) is 13.1 Å². The highest BCUT2D eigenvalue weighted by molar-refractivity contribution is 7.89. The number of carbonyl (C=O) groups is 1. The number of methoxy groups -OCH3 is 1. The lowest BCUT2D eigenvalue weighted by Gasteiger charge is -2.17. The Hall–Kier alpha value is -2.09. The zero-order chi connectivity index (χ0) is 19.2. The number of halogens is 1. The molecule has 0 saturated heterocycles. The second-order valence-electron chi connectivity index (χ2n) is 5.63. The van der Waals surface area contributed by atoms with Crippen molar-refractivity contribution in [1.82, 2.24) is 10.0 Å². The summed E-state index contributed by atoms with van der Waals surface area (Å²) < 4.78 is 32.0. The normalized spacial score (nSPS) is 12.4. The molecule has 0 spiro atoms. The Labute approximate surface area is 158 Å². The average molecular weight is 397 g/mol. The monoisotopic (exact) mass is 396 g/mol. The minimum Gasteiger partial charge on any atom is -0.496 e. The van der Waals surface area contributed by atoms with E-state index in [0.29, 0.717) is 10.8 Å². The van der Waals surface area contributed by atoms with E-state index in [1.54, 1.807) is 7.11 Å². The van der Waals surface area contributed by atoms with Gasteiger partial charge in [-0.3, -0.25) is 4.79 Å². The van der Waals surface area contributed by atoms with E-state index < -0.39 is 10.0 Å². The molecule has 1 unspecified atom stereocenters. The number of carbonyl (C=O) groups excluding carboxylic acids is 1. The van der Waals surface area contributed by atoms with Crippen molar-refractivity contribution in [2.24, 2.45) is 0 Å². The number of amides is 1. The lowest BCUT2D eigenvalue weighted by Crippen LogP contribution is -2.32. The van der Waals surface area contributed by atoms with E-state index in [-0.39, 0.29) is 29.8 Å². The molecule has 26 heavy (non-hydrogen) atoms. The van der Waals surface area contributed by atoms with E-state index in [0.717, 1.165) is 5.56 Å². The number of rotatable bonds is 8. The fourth-order valence-corrected chi connectivity index (χ4v) is 3.57. The van der Waals surface area contributed by atoms with E-state index >= 15 is 0 Å². The highest BCUT2D eigenvalue weighted by Crippen LogP contribution is 2.24. The SMILES string of the molecule is COc1ccccc1C(C)NC(=O)CCNS(=O)(=O)c1ccc(Cl)cc1. The molecule has 1 atom stereocenters. The van der Waals surface area contributed by atoms with Crippen LogP contribution in [0.3, 0.4) is 0 Å². The number of benzene rings is 2. The number of hydrogen-bond acceptors (Lipinski definition) is 4. The Morgan fingerprint density at radius 1 is 1.15 bits per heavy atom. The Bertz CT molecular complexity index is 854. The van der Waals surface area contributed by atoms with Gasteiger partial charge in [-0.1, -0.05) is 29.8 Å². The second-order valence-corrected chi connectivity index (χ2v) is 7.84. The van der Waals surface area contributed by atoms with E-state index in [4.69, 9.17) is 16.3 Å². The van der Waals surface area contributed by atoms with Crippen LogP contribution in [-0.4, -0.2) is 28.0 Å². The van der Waals surface area contributed by atoms with E-state index in [1.807, 2.05) is 31.2 Å². The second kappa shape index (κ2) is 9.02. The van der Waals surface area contributed by atoms with Crippen LogP contribution in [0.5, 0.6) is 5.75 Å². The molecule has 2 rings (SSSR count). The van der Waals surface area contributed by atoms with Crippen LogP contribution < -0.4 is 14.8 Å². The molecule has 0 aliphatic heterocycles. The Kier molecular flexibility index (Phi) is 7.02. The number of ether oxygens (including phenoxy) is 1. The van der Waals surface area contributed by atoms with Gasteiger partial charge >= 0.3 is 0 Å². The van der Waals surface area contributed by atoms with E-state index in [2.05, 4.69) is 10.0 Å². The summed E-state index contributed by atoms with van der Waals surface area (Å²) in [7, 11) is -2.10. The number of sulfonamides is 1. The molecule has 0 heterocycles. The van der Waals surface area contributed by atoms with Crippen molar-refractivity contribution < 1.29 is 17.9 Å². The van der Waals surface area contributed by atoms with Gasteiger partial charge in [0.05, 0.1) is 18.0 Å². The first-order chi connectivity index (χ1) is 12.3. The number of para-hydroxylation sites is 1. The highest BCUT2D eigenvalue weighted by Gasteiger charge is 2.16. The van der Waals surface area contributed by atoms with E-state index in [1.165, 1.54) is 24.3 Å². The summed E-state index contributed by atoms with van der Waals surface area (Å²) in [5.41, 5.74) is 0.852. The van der Waals surface area contributed by atoms with Crippen molar-refractivity contribution >= 4 is 27.5 Å². The smallest absolute Gasteiger partial charge is 0.240 e. The van der Waals surface area contributed by atoms with Gasteiger partial charge in [0, 0.05) is 23.6 Å². The molecule has 0 radical (unpaired) electrons. The van der Waals surface area contributed by atoms with Crippen LogP contribution in [0.4, 0.5) is 0 Å². The zero-order valence-electron chi connectivity index (χ0n) is 14.5. The topological polar surface area (TPSA) is 84.5 Å². The van der Waals surface area contributed by atoms with Gasteiger partial charge in [0.1, 0.15) is 5.75 Å². The summed E-state index contributed by atoms with van der Waals surface area (Å²) in [6, 6.07) is 13.0. The standard InChI is InChI=1S/C18H21ClN2O4S/c1-13(16-5-3-4-6-17(16)25-2)21-18(22)11-12-20-26(23,24)15-9-7-14(19)8-10-15/h3-10,13,20H,11-12H2,1-2H3,(H,21,22). The molecule has 2 N–H and O–H groups in total. The zero-order valence-corrected chi connectivity index (χ0v) is 16.1. The van der Waals surface area contributed by atoms with Gasteiger partial charge in [-0.2, -0.15) is 0 Å². The summed E-state index contributed by atoms with van der Waals surface area (Å²) in [4.78, 5) is 12.2. The highest BCUT2D eigenvalue weighted by atomic mass is 35.5. The van der Waals surface area contributed by atoms with Crippen LogP contribution in [-0.2, 0) is 14.8 Å². The Balaban J connectivity index is 1.87. The van der Waals surface area contributed by atoms with Crippen LogP contribution >= 0.6 is 11.6 Å². The third-order valence-electron chi connectivity index (χ3n) is 3.75. The molecule has 2 aromatic rings. The summed E-state index contributed by atoms with van der Waals surface area (Å²) in [6.07, 6.45) is 0.0201. The lowest BCUT2D eigenvalue weighted by atomic mass is 10.1. The van der Waals surface area contributed by atoms with Gasteiger partial charge < -0.3 is 10.1 Å². The molecule has 0 aliphatic rings. The molecule has 0 saturated carbocycles. The first-order valence-electron chi connectivity index (χ1n) is 8.01. The predicted octanol–water partition coefficient (Wildman–Crippen LogP) is 2.89. The van der Waals surface area contributed by atoms with Gasteiger partial charge in [0.2, 0.25) is 15.9 Å². The Morgan fingerprint density at radius 3 is 2.46 bits per heavy atom. The average Bonchev–Trinajstić information content (AvgIpc) is 2.61. The predicted molar refractivity (Wildman–Crippen MR) is 101 cm³/mol. The number of nitrogens with one attached hydrogen (secondary N) is 2. The van der Waals surface area contributed by atoms with Crippen LogP contribution in [0.2, 0.25) is 5.02 Å². The maximum Gasteiger partial charge on any atom is 0.240 e. The van der Waals surface area contributed by atoms with Crippen LogP contribution in [0, 0.1) is 0 Å². The molecule has 6 nitrogen and oxygen atoms in total. The molecule has 1 amide bonds. The quantitative estimate of drug-likeness (QED) is 0.718. The molecule has 0 aromatic heterocycles. The molecule has 2 aromatic carbocycles. The van der Waals surface area contributed by atoms with Gasteiger partial charge in [0.25, 0.3) is 0 Å². The molecule has 140 valence electrons. The van der Waals surface area contributed by atoms with Crippen molar-refractivity contribution in [2.75, 3.05) is 13.7 Å². The first kappa shape index (κ1) is 20.2. The summed E-state index contributed by atoms with van der Waals surface area (Å²) in [5.74, 6) is 0.422. The van der Waals surface area contributed by atoms with Gasteiger partial charge in [-0.05, 0) is 37.3 Å². The van der Waals surface area contributed by atoms with Crippen molar-refractivity contribution in [2.45, 2.75) is 24.3 Å². The molecule has 0 bridgehead atoms. The number of hydrogen-bond donors (Lipinski definition) is 2. The molecular weight excluding hydrogens is 376 g/mol. The van der Waals surface area contributed by atoms with Gasteiger partial charge in [-0.15, -0.1) is 0 Å². The lowest BCUT2D eigenvalue weighted by molar-refractivity contribution is -0.121. The summed E-state index contributed by atoms with van der Waals surface area (Å²) in [5, 5.41) is 3.29. The third kappa shape index (κ3) is 5.45. The van der Waals surface area contributed by atoms with Crippen molar-refractivity contribution in [3.63, 3.8) is 0 Å². The first-order valence-corrected chi connectivity index (χ1v) is 9.87. The fraction of sp³-hybridized carbons (Fsp3) is 0.278.